The van der Waals surface area contributed by atoms with E-state index in [1.165, 1.54) is 0 Å². The van der Waals surface area contributed by atoms with Crippen LogP contribution in [0.15, 0.2) is 72.8 Å². The van der Waals surface area contributed by atoms with E-state index in [0.29, 0.717) is 5.56 Å². The second-order valence-electron chi connectivity index (χ2n) is 5.44. The standard InChI is InChI=1S/C20H13BCl2O2/c21-18(20(24)25-19-16(22)7-4-8-17(19)23)15-11-9-14(10-12-15)13-5-2-1-3-6-13/h1-12,18H/t18-/m1/s1. The quantitative estimate of drug-likeness (QED) is 0.347. The summed E-state index contributed by atoms with van der Waals surface area (Å²) in [5.41, 5.74) is 2.78. The van der Waals surface area contributed by atoms with Crippen molar-refractivity contribution in [2.24, 2.45) is 0 Å². The van der Waals surface area contributed by atoms with E-state index in [9.17, 15) is 4.79 Å². The highest BCUT2D eigenvalue weighted by molar-refractivity contribution is 6.37. The predicted molar refractivity (Wildman–Crippen MR) is 102 cm³/mol. The van der Waals surface area contributed by atoms with Crippen LogP contribution in [0, 0.1) is 0 Å². The molecule has 0 amide bonds. The van der Waals surface area contributed by atoms with E-state index < -0.39 is 11.8 Å². The van der Waals surface area contributed by atoms with Crippen LogP contribution in [-0.2, 0) is 4.79 Å². The van der Waals surface area contributed by atoms with Crippen molar-refractivity contribution >= 4 is 37.0 Å². The number of hydrogen-bond acceptors (Lipinski definition) is 2. The smallest absolute Gasteiger partial charge is 0.309 e. The third-order valence-corrected chi connectivity index (χ3v) is 4.35. The van der Waals surface area contributed by atoms with Crippen molar-refractivity contribution in [1.82, 2.24) is 0 Å². The number of rotatable bonds is 4. The molecule has 0 aliphatic heterocycles. The van der Waals surface area contributed by atoms with Gasteiger partial charge in [0, 0.05) is 5.82 Å². The number of benzene rings is 3. The van der Waals surface area contributed by atoms with Crippen LogP contribution in [0.4, 0.5) is 0 Å². The molecule has 25 heavy (non-hydrogen) atoms. The van der Waals surface area contributed by atoms with Crippen LogP contribution in [0.3, 0.4) is 0 Å². The fourth-order valence-corrected chi connectivity index (χ4v) is 2.87. The molecule has 2 nitrogen and oxygen atoms in total. The van der Waals surface area contributed by atoms with Crippen LogP contribution in [0.2, 0.25) is 10.0 Å². The van der Waals surface area contributed by atoms with Crippen molar-refractivity contribution in [3.63, 3.8) is 0 Å². The molecule has 122 valence electrons. The summed E-state index contributed by atoms with van der Waals surface area (Å²) < 4.78 is 5.28. The summed E-state index contributed by atoms with van der Waals surface area (Å²) in [6, 6.07) is 22.2. The van der Waals surface area contributed by atoms with Gasteiger partial charge in [-0.2, -0.15) is 0 Å². The lowest BCUT2D eigenvalue weighted by Gasteiger charge is -2.14. The van der Waals surface area contributed by atoms with E-state index in [-0.39, 0.29) is 15.8 Å². The van der Waals surface area contributed by atoms with Crippen LogP contribution in [0.5, 0.6) is 5.75 Å². The molecule has 0 aliphatic rings. The van der Waals surface area contributed by atoms with Crippen LogP contribution in [0.1, 0.15) is 11.4 Å². The van der Waals surface area contributed by atoms with E-state index in [1.54, 1.807) is 18.2 Å². The first kappa shape index (κ1) is 17.6. The SMILES string of the molecule is [B][C@@H](C(=O)Oc1c(Cl)cccc1Cl)c1ccc(-c2ccccc2)cc1. The number of carbonyl (C=O) groups is 1. The van der Waals surface area contributed by atoms with E-state index in [2.05, 4.69) is 0 Å². The monoisotopic (exact) mass is 366 g/mol. The van der Waals surface area contributed by atoms with Crippen molar-refractivity contribution in [2.45, 2.75) is 5.82 Å². The van der Waals surface area contributed by atoms with Crippen molar-refractivity contribution in [1.29, 1.82) is 0 Å². The molecule has 0 aliphatic carbocycles. The lowest BCUT2D eigenvalue weighted by Crippen LogP contribution is -2.19. The number of halogens is 2. The predicted octanol–water partition coefficient (Wildman–Crippen LogP) is 5.48. The van der Waals surface area contributed by atoms with Crippen molar-refractivity contribution < 1.29 is 9.53 Å². The van der Waals surface area contributed by atoms with Gasteiger partial charge in [0.15, 0.2) is 5.75 Å². The van der Waals surface area contributed by atoms with Gasteiger partial charge in [0.2, 0.25) is 0 Å². The molecule has 0 bridgehead atoms. The summed E-state index contributed by atoms with van der Waals surface area (Å²) >= 11 is 12.0. The summed E-state index contributed by atoms with van der Waals surface area (Å²) in [7, 11) is 6.01. The van der Waals surface area contributed by atoms with Gasteiger partial charge in [-0.3, -0.25) is 4.79 Å². The van der Waals surface area contributed by atoms with E-state index >= 15 is 0 Å². The number of ether oxygens (including phenoxy) is 1. The van der Waals surface area contributed by atoms with Crippen molar-refractivity contribution in [3.05, 3.63) is 88.4 Å². The van der Waals surface area contributed by atoms with Gasteiger partial charge < -0.3 is 4.74 Å². The highest BCUT2D eigenvalue weighted by Gasteiger charge is 2.19. The molecule has 3 aromatic carbocycles. The molecule has 3 rings (SSSR count). The van der Waals surface area contributed by atoms with E-state index in [1.807, 2.05) is 54.6 Å². The van der Waals surface area contributed by atoms with Crippen LogP contribution < -0.4 is 4.74 Å². The summed E-state index contributed by atoms with van der Waals surface area (Å²) in [6.45, 7) is 0. The average molecular weight is 367 g/mol. The fourth-order valence-electron chi connectivity index (χ4n) is 2.39. The van der Waals surface area contributed by atoms with Gasteiger partial charge in [0.25, 0.3) is 0 Å². The normalized spacial score (nSPS) is 11.8. The van der Waals surface area contributed by atoms with Crippen LogP contribution in [0.25, 0.3) is 11.1 Å². The highest BCUT2D eigenvalue weighted by Crippen LogP contribution is 2.33. The molecule has 3 aromatic rings. The minimum Gasteiger partial charge on any atom is -0.423 e. The third kappa shape index (κ3) is 4.06. The molecular formula is C20H13BCl2O2. The molecule has 0 aromatic heterocycles. The Bertz CT molecular complexity index is 860. The molecule has 0 saturated carbocycles. The zero-order valence-corrected chi connectivity index (χ0v) is 14.7. The fraction of sp³-hybridized carbons (Fsp3) is 0.0500. The summed E-state index contributed by atoms with van der Waals surface area (Å²) in [4.78, 5) is 12.3. The topological polar surface area (TPSA) is 26.3 Å². The first-order valence-corrected chi connectivity index (χ1v) is 8.38. The summed E-state index contributed by atoms with van der Waals surface area (Å²) in [5.74, 6) is -1.44. The zero-order chi connectivity index (χ0) is 17.8. The van der Waals surface area contributed by atoms with E-state index in [4.69, 9.17) is 35.8 Å². The Hall–Kier alpha value is -2.23. The lowest BCUT2D eigenvalue weighted by atomic mass is 9.80. The Morgan fingerprint density at radius 3 is 1.96 bits per heavy atom. The zero-order valence-electron chi connectivity index (χ0n) is 13.2. The molecule has 0 saturated heterocycles. The van der Waals surface area contributed by atoms with Gasteiger partial charge in [0.05, 0.1) is 17.9 Å². The minimum absolute atomic E-state index is 0.118. The largest absolute Gasteiger partial charge is 0.423 e. The second-order valence-corrected chi connectivity index (χ2v) is 6.25. The molecule has 5 heteroatoms. The molecule has 2 radical (unpaired) electrons. The van der Waals surface area contributed by atoms with Gasteiger partial charge in [-0.1, -0.05) is 83.9 Å². The average Bonchev–Trinajstić information content (AvgIpc) is 2.65. The van der Waals surface area contributed by atoms with Crippen molar-refractivity contribution in [2.75, 3.05) is 0 Å². The maximum Gasteiger partial charge on any atom is 0.309 e. The first-order valence-electron chi connectivity index (χ1n) is 7.63. The number of esters is 1. The number of carbonyl (C=O) groups excluding carboxylic acids is 1. The Morgan fingerprint density at radius 2 is 1.36 bits per heavy atom. The lowest BCUT2D eigenvalue weighted by molar-refractivity contribution is -0.134. The Balaban J connectivity index is 1.76. The Kier molecular flexibility index (Phi) is 5.47. The van der Waals surface area contributed by atoms with Crippen molar-refractivity contribution in [3.8, 4) is 16.9 Å². The summed E-state index contributed by atoms with van der Waals surface area (Å²) in [5, 5.41) is 0.514. The van der Waals surface area contributed by atoms with Gasteiger partial charge in [0.1, 0.15) is 0 Å². The van der Waals surface area contributed by atoms with Gasteiger partial charge in [-0.15, -0.1) is 0 Å². The summed E-state index contributed by atoms with van der Waals surface area (Å²) in [6.07, 6.45) is 0. The Labute approximate surface area is 157 Å². The molecule has 0 N–H and O–H groups in total. The third-order valence-electron chi connectivity index (χ3n) is 3.75. The molecule has 0 heterocycles. The number of para-hydroxylation sites is 1. The van der Waals surface area contributed by atoms with Gasteiger partial charge >= 0.3 is 5.97 Å². The first-order chi connectivity index (χ1) is 12.1. The number of hydrogen-bond donors (Lipinski definition) is 0. The minimum atomic E-state index is -0.933. The highest BCUT2D eigenvalue weighted by atomic mass is 35.5. The molecule has 0 spiro atoms. The second kappa shape index (κ2) is 7.77. The van der Waals surface area contributed by atoms with E-state index in [0.717, 1.165) is 11.1 Å². The van der Waals surface area contributed by atoms with Gasteiger partial charge in [-0.25, -0.2) is 0 Å². The van der Waals surface area contributed by atoms with Gasteiger partial charge in [-0.05, 0) is 28.8 Å². The maximum atomic E-state index is 12.3. The maximum absolute atomic E-state index is 12.3. The molecule has 0 unspecified atom stereocenters. The Morgan fingerprint density at radius 1 is 0.800 bits per heavy atom. The molecule has 1 atom stereocenters. The molecular weight excluding hydrogens is 354 g/mol. The van der Waals surface area contributed by atoms with Crippen LogP contribution >= 0.6 is 23.2 Å². The van der Waals surface area contributed by atoms with Crippen LogP contribution in [-0.4, -0.2) is 13.8 Å². The molecule has 0 fully saturated rings.